The van der Waals surface area contributed by atoms with Crippen LogP contribution in [0.25, 0.3) is 11.6 Å². The number of benzene rings is 3. The van der Waals surface area contributed by atoms with Gasteiger partial charge in [-0.1, -0.05) is 72.8 Å². The number of rotatable bonds is 5. The van der Waals surface area contributed by atoms with Gasteiger partial charge in [-0.2, -0.15) is 0 Å². The van der Waals surface area contributed by atoms with Gasteiger partial charge in [0.05, 0.1) is 5.56 Å². The summed E-state index contributed by atoms with van der Waals surface area (Å²) in [4.78, 5) is 23.9. The average molecular weight is 328 g/mol. The molecular formula is C22H16O3. The van der Waals surface area contributed by atoms with Crippen LogP contribution in [-0.4, -0.2) is 16.9 Å². The van der Waals surface area contributed by atoms with Crippen molar-refractivity contribution in [3.8, 4) is 0 Å². The Balaban J connectivity index is 2.05. The van der Waals surface area contributed by atoms with E-state index in [1.165, 1.54) is 12.1 Å². The first-order valence-corrected chi connectivity index (χ1v) is 7.85. The van der Waals surface area contributed by atoms with Gasteiger partial charge in [0.1, 0.15) is 0 Å². The minimum absolute atomic E-state index is 0.0749. The van der Waals surface area contributed by atoms with E-state index in [4.69, 9.17) is 5.11 Å². The van der Waals surface area contributed by atoms with E-state index in [0.717, 1.165) is 11.1 Å². The van der Waals surface area contributed by atoms with Crippen LogP contribution in [0.2, 0.25) is 0 Å². The summed E-state index contributed by atoms with van der Waals surface area (Å²) in [6.45, 7) is 0. The monoisotopic (exact) mass is 328 g/mol. The molecule has 0 fully saturated rings. The number of aromatic carboxylic acids is 1. The second kappa shape index (κ2) is 7.41. The van der Waals surface area contributed by atoms with Crippen LogP contribution in [0.15, 0.2) is 84.9 Å². The molecule has 0 saturated heterocycles. The fourth-order valence-corrected chi connectivity index (χ4v) is 2.53. The van der Waals surface area contributed by atoms with Crippen molar-refractivity contribution in [2.24, 2.45) is 0 Å². The molecule has 0 saturated carbocycles. The number of ketones is 1. The van der Waals surface area contributed by atoms with Gasteiger partial charge in [0.15, 0.2) is 5.78 Å². The number of carboxylic acid groups (broad SMARTS) is 1. The maximum absolute atomic E-state index is 13.0. The number of allylic oxidation sites excluding steroid dienone is 1. The summed E-state index contributed by atoms with van der Waals surface area (Å²) in [5.74, 6) is -1.05. The molecule has 0 atom stereocenters. The topological polar surface area (TPSA) is 54.4 Å². The number of Topliss-reactive ketones (excluding diaryl/α,β-unsaturated/α-hetero) is 1. The number of hydrogen-bond acceptors (Lipinski definition) is 2. The first-order valence-electron chi connectivity index (χ1n) is 7.85. The quantitative estimate of drug-likeness (QED) is 0.415. The van der Waals surface area contributed by atoms with Gasteiger partial charge in [0.2, 0.25) is 0 Å². The van der Waals surface area contributed by atoms with Crippen LogP contribution in [0.3, 0.4) is 0 Å². The average Bonchev–Trinajstić information content (AvgIpc) is 2.67. The molecule has 3 aromatic rings. The van der Waals surface area contributed by atoms with Gasteiger partial charge in [-0.25, -0.2) is 4.79 Å². The van der Waals surface area contributed by atoms with Crippen molar-refractivity contribution in [2.75, 3.05) is 0 Å². The molecule has 0 spiro atoms. The third-order valence-electron chi connectivity index (χ3n) is 3.83. The largest absolute Gasteiger partial charge is 0.478 e. The van der Waals surface area contributed by atoms with Gasteiger partial charge in [-0.05, 0) is 29.3 Å². The second-order valence-corrected chi connectivity index (χ2v) is 5.55. The Hall–Kier alpha value is -3.46. The van der Waals surface area contributed by atoms with Gasteiger partial charge in [-0.3, -0.25) is 4.79 Å². The minimum atomic E-state index is -0.973. The molecule has 0 aromatic heterocycles. The van der Waals surface area contributed by atoms with E-state index in [1.54, 1.807) is 30.3 Å². The molecule has 3 aromatic carbocycles. The third-order valence-corrected chi connectivity index (χ3v) is 3.83. The maximum Gasteiger partial charge on any atom is 0.335 e. The fourth-order valence-electron chi connectivity index (χ4n) is 2.53. The Kier molecular flexibility index (Phi) is 4.86. The van der Waals surface area contributed by atoms with Crippen LogP contribution >= 0.6 is 0 Å². The summed E-state index contributed by atoms with van der Waals surface area (Å²) >= 11 is 0. The van der Waals surface area contributed by atoms with E-state index in [-0.39, 0.29) is 11.3 Å². The van der Waals surface area contributed by atoms with Crippen LogP contribution in [0.5, 0.6) is 0 Å². The van der Waals surface area contributed by atoms with E-state index in [2.05, 4.69) is 0 Å². The molecule has 0 bridgehead atoms. The molecule has 3 heteroatoms. The number of carbonyl (C=O) groups excluding carboxylic acids is 1. The van der Waals surface area contributed by atoms with Gasteiger partial charge < -0.3 is 5.11 Å². The van der Waals surface area contributed by atoms with Crippen LogP contribution in [0.4, 0.5) is 0 Å². The molecule has 3 rings (SSSR count). The molecule has 0 unspecified atom stereocenters. The molecular weight excluding hydrogens is 312 g/mol. The summed E-state index contributed by atoms with van der Waals surface area (Å²) in [6.07, 6.45) is 1.79. The SMILES string of the molecule is O=C(O)c1ccc(/C=C(/C(=O)c2ccccc2)c2ccccc2)cc1. The Bertz CT molecular complexity index is 909. The lowest BCUT2D eigenvalue weighted by Crippen LogP contribution is -2.02. The van der Waals surface area contributed by atoms with Crippen molar-refractivity contribution >= 4 is 23.4 Å². The van der Waals surface area contributed by atoms with Gasteiger partial charge in [-0.15, -0.1) is 0 Å². The molecule has 0 amide bonds. The minimum Gasteiger partial charge on any atom is -0.478 e. The van der Waals surface area contributed by atoms with E-state index >= 15 is 0 Å². The van der Waals surface area contributed by atoms with Gasteiger partial charge in [0, 0.05) is 11.1 Å². The highest BCUT2D eigenvalue weighted by Gasteiger charge is 2.14. The fraction of sp³-hybridized carbons (Fsp3) is 0. The molecule has 0 radical (unpaired) electrons. The molecule has 0 aliphatic heterocycles. The Morgan fingerprint density at radius 3 is 1.68 bits per heavy atom. The van der Waals surface area contributed by atoms with Gasteiger partial charge >= 0.3 is 5.97 Å². The van der Waals surface area contributed by atoms with Crippen molar-refractivity contribution in [1.82, 2.24) is 0 Å². The van der Waals surface area contributed by atoms with Crippen LogP contribution in [0.1, 0.15) is 31.8 Å². The zero-order valence-electron chi connectivity index (χ0n) is 13.4. The van der Waals surface area contributed by atoms with Crippen LogP contribution < -0.4 is 0 Å². The molecule has 122 valence electrons. The standard InChI is InChI=1S/C22H16O3/c23-21(18-9-5-2-6-10-18)20(17-7-3-1-4-8-17)15-16-11-13-19(14-12-16)22(24)25/h1-15H,(H,24,25)/b20-15+. The number of hydrogen-bond donors (Lipinski definition) is 1. The molecule has 0 aliphatic carbocycles. The predicted octanol–water partition coefficient (Wildman–Crippen LogP) is 4.81. The number of carboxylic acids is 1. The first-order chi connectivity index (χ1) is 12.1. The zero-order chi connectivity index (χ0) is 17.6. The van der Waals surface area contributed by atoms with E-state index in [0.29, 0.717) is 11.1 Å². The smallest absolute Gasteiger partial charge is 0.335 e. The third kappa shape index (κ3) is 3.90. The summed E-state index contributed by atoms with van der Waals surface area (Å²) in [6, 6.07) is 25.0. The lowest BCUT2D eigenvalue weighted by Gasteiger charge is -2.08. The first kappa shape index (κ1) is 16.4. The van der Waals surface area contributed by atoms with Crippen molar-refractivity contribution in [3.05, 3.63) is 107 Å². The normalized spacial score (nSPS) is 11.1. The molecule has 0 aliphatic rings. The lowest BCUT2D eigenvalue weighted by atomic mass is 9.94. The number of carbonyl (C=O) groups is 2. The lowest BCUT2D eigenvalue weighted by molar-refractivity contribution is 0.0696. The summed E-state index contributed by atoms with van der Waals surface area (Å²) in [5.41, 5.74) is 2.98. The molecule has 3 nitrogen and oxygen atoms in total. The Morgan fingerprint density at radius 1 is 0.640 bits per heavy atom. The summed E-state index contributed by atoms with van der Waals surface area (Å²) in [7, 11) is 0. The second-order valence-electron chi connectivity index (χ2n) is 5.55. The van der Waals surface area contributed by atoms with E-state index < -0.39 is 5.97 Å². The van der Waals surface area contributed by atoms with E-state index in [1.807, 2.05) is 48.5 Å². The zero-order valence-corrected chi connectivity index (χ0v) is 13.4. The van der Waals surface area contributed by atoms with E-state index in [9.17, 15) is 9.59 Å². The molecule has 0 heterocycles. The molecule has 25 heavy (non-hydrogen) atoms. The summed E-state index contributed by atoms with van der Waals surface area (Å²) < 4.78 is 0. The highest BCUT2D eigenvalue weighted by molar-refractivity contribution is 6.32. The van der Waals surface area contributed by atoms with Gasteiger partial charge in [0.25, 0.3) is 0 Å². The predicted molar refractivity (Wildman–Crippen MR) is 98.5 cm³/mol. The Morgan fingerprint density at radius 2 is 1.16 bits per heavy atom. The summed E-state index contributed by atoms with van der Waals surface area (Å²) in [5, 5.41) is 9.00. The van der Waals surface area contributed by atoms with Crippen LogP contribution in [-0.2, 0) is 0 Å². The van der Waals surface area contributed by atoms with Crippen molar-refractivity contribution in [3.63, 3.8) is 0 Å². The highest BCUT2D eigenvalue weighted by Crippen LogP contribution is 2.23. The van der Waals surface area contributed by atoms with Crippen LogP contribution in [0, 0.1) is 0 Å². The maximum atomic E-state index is 13.0. The van der Waals surface area contributed by atoms with Crippen molar-refractivity contribution in [2.45, 2.75) is 0 Å². The van der Waals surface area contributed by atoms with Crippen molar-refractivity contribution in [1.29, 1.82) is 0 Å². The van der Waals surface area contributed by atoms with Crippen molar-refractivity contribution < 1.29 is 14.7 Å². The molecule has 1 N–H and O–H groups in total. The Labute approximate surface area is 145 Å². The highest BCUT2D eigenvalue weighted by atomic mass is 16.4.